The molecule has 118 valence electrons. The molecule has 0 bridgehead atoms. The van der Waals surface area contributed by atoms with E-state index in [1.807, 2.05) is 0 Å². The van der Waals surface area contributed by atoms with Crippen LogP contribution in [-0.4, -0.2) is 25.5 Å². The van der Waals surface area contributed by atoms with Crippen molar-refractivity contribution in [2.24, 2.45) is 5.41 Å². The maximum Gasteiger partial charge on any atom is 0.261 e. The smallest absolute Gasteiger partial charge is 0.261 e. The summed E-state index contributed by atoms with van der Waals surface area (Å²) in [5, 5.41) is 6.54. The van der Waals surface area contributed by atoms with Gasteiger partial charge in [0.1, 0.15) is 0 Å². The van der Waals surface area contributed by atoms with Gasteiger partial charge in [-0.25, -0.2) is 0 Å². The number of aryl methyl sites for hydroxylation is 2. The summed E-state index contributed by atoms with van der Waals surface area (Å²) in [6.07, 6.45) is 5.52. The number of hydrogen-bond donors (Lipinski definition) is 2. The Morgan fingerprint density at radius 1 is 1.38 bits per heavy atom. The molecule has 1 aromatic heterocycles. The van der Waals surface area contributed by atoms with E-state index in [0.29, 0.717) is 0 Å². The van der Waals surface area contributed by atoms with Crippen molar-refractivity contribution in [2.75, 3.05) is 19.6 Å². The van der Waals surface area contributed by atoms with E-state index in [4.69, 9.17) is 0 Å². The lowest BCUT2D eigenvalue weighted by atomic mass is 9.81. The molecule has 1 saturated heterocycles. The van der Waals surface area contributed by atoms with E-state index < -0.39 is 0 Å². The largest absolute Gasteiger partial charge is 0.351 e. The fraction of sp³-hybridized carbons (Fsp3) is 0.706. The summed E-state index contributed by atoms with van der Waals surface area (Å²) in [5.74, 6) is 0.108. The highest BCUT2D eigenvalue weighted by atomic mass is 32.1. The van der Waals surface area contributed by atoms with Crippen LogP contribution in [0.5, 0.6) is 0 Å². The van der Waals surface area contributed by atoms with Gasteiger partial charge in [-0.3, -0.25) is 4.79 Å². The second kappa shape index (κ2) is 7.41. The maximum absolute atomic E-state index is 12.4. The van der Waals surface area contributed by atoms with Crippen LogP contribution in [0.15, 0.2) is 6.07 Å². The summed E-state index contributed by atoms with van der Waals surface area (Å²) in [7, 11) is 0. The SMILES string of the molecule is CCCc1sc(C(=O)NCC2(C)CCNCC2)cc1CC. The number of carbonyl (C=O) groups excluding carboxylic acids is 1. The Bertz CT molecular complexity index is 475. The molecule has 0 saturated carbocycles. The molecular weight excluding hydrogens is 280 g/mol. The third-order valence-corrected chi connectivity index (χ3v) is 5.70. The predicted molar refractivity (Wildman–Crippen MR) is 90.2 cm³/mol. The number of carbonyl (C=O) groups is 1. The Labute approximate surface area is 132 Å². The van der Waals surface area contributed by atoms with Crippen LogP contribution >= 0.6 is 11.3 Å². The van der Waals surface area contributed by atoms with E-state index in [2.05, 4.69) is 37.5 Å². The van der Waals surface area contributed by atoms with Crippen molar-refractivity contribution in [3.8, 4) is 0 Å². The van der Waals surface area contributed by atoms with Crippen molar-refractivity contribution < 1.29 is 4.79 Å². The van der Waals surface area contributed by atoms with Crippen molar-refractivity contribution >= 4 is 17.2 Å². The van der Waals surface area contributed by atoms with E-state index in [9.17, 15) is 4.79 Å². The normalized spacial score (nSPS) is 17.7. The fourth-order valence-corrected chi connectivity index (χ4v) is 4.18. The van der Waals surface area contributed by atoms with E-state index in [0.717, 1.165) is 56.6 Å². The Kier molecular flexibility index (Phi) is 5.82. The molecule has 0 unspecified atom stereocenters. The average Bonchev–Trinajstić information content (AvgIpc) is 2.89. The third kappa shape index (κ3) is 4.30. The molecule has 0 aromatic carbocycles. The van der Waals surface area contributed by atoms with Gasteiger partial charge in [-0.15, -0.1) is 11.3 Å². The Morgan fingerprint density at radius 3 is 2.71 bits per heavy atom. The number of rotatable bonds is 6. The molecule has 2 heterocycles. The molecule has 1 amide bonds. The topological polar surface area (TPSA) is 41.1 Å². The van der Waals surface area contributed by atoms with Gasteiger partial charge in [-0.2, -0.15) is 0 Å². The van der Waals surface area contributed by atoms with Gasteiger partial charge < -0.3 is 10.6 Å². The summed E-state index contributed by atoms with van der Waals surface area (Å²) in [6.45, 7) is 9.55. The fourth-order valence-electron chi connectivity index (χ4n) is 2.90. The van der Waals surface area contributed by atoms with Crippen LogP contribution in [0.3, 0.4) is 0 Å². The summed E-state index contributed by atoms with van der Waals surface area (Å²) in [6, 6.07) is 2.09. The first kappa shape index (κ1) is 16.5. The van der Waals surface area contributed by atoms with E-state index in [-0.39, 0.29) is 11.3 Å². The molecule has 21 heavy (non-hydrogen) atoms. The first-order valence-electron chi connectivity index (χ1n) is 8.18. The van der Waals surface area contributed by atoms with E-state index >= 15 is 0 Å². The van der Waals surface area contributed by atoms with Crippen LogP contribution in [0.25, 0.3) is 0 Å². The first-order valence-corrected chi connectivity index (χ1v) is 9.00. The van der Waals surface area contributed by atoms with Crippen LogP contribution in [-0.2, 0) is 12.8 Å². The van der Waals surface area contributed by atoms with Crippen LogP contribution < -0.4 is 10.6 Å². The minimum absolute atomic E-state index is 0.108. The summed E-state index contributed by atoms with van der Waals surface area (Å²) in [5.41, 5.74) is 1.60. The first-order chi connectivity index (χ1) is 10.1. The number of thiophene rings is 1. The van der Waals surface area contributed by atoms with Gasteiger partial charge in [0.25, 0.3) is 5.91 Å². The lowest BCUT2D eigenvalue weighted by Gasteiger charge is -2.34. The Balaban J connectivity index is 1.96. The monoisotopic (exact) mass is 308 g/mol. The van der Waals surface area contributed by atoms with Gasteiger partial charge >= 0.3 is 0 Å². The van der Waals surface area contributed by atoms with Crippen LogP contribution in [0, 0.1) is 5.41 Å². The summed E-state index contributed by atoms with van der Waals surface area (Å²) >= 11 is 1.68. The molecule has 0 spiro atoms. The standard InChI is InChI=1S/C17H28N2OS/c1-4-6-14-13(5-2)11-15(21-14)16(20)19-12-17(3)7-9-18-10-8-17/h11,18H,4-10,12H2,1-3H3,(H,19,20). The number of amides is 1. The molecule has 1 aliphatic heterocycles. The minimum Gasteiger partial charge on any atom is -0.351 e. The number of piperidine rings is 1. The maximum atomic E-state index is 12.4. The second-order valence-corrected chi connectivity index (χ2v) is 7.54. The molecule has 0 atom stereocenters. The highest BCUT2D eigenvalue weighted by molar-refractivity contribution is 7.14. The van der Waals surface area contributed by atoms with Crippen molar-refractivity contribution in [1.29, 1.82) is 0 Å². The van der Waals surface area contributed by atoms with Gasteiger partial charge in [-0.05, 0) is 55.8 Å². The Hall–Kier alpha value is -0.870. The third-order valence-electron chi connectivity index (χ3n) is 4.46. The summed E-state index contributed by atoms with van der Waals surface area (Å²) in [4.78, 5) is 14.7. The molecule has 0 aliphatic carbocycles. The molecule has 3 nitrogen and oxygen atoms in total. The molecule has 1 aliphatic rings. The zero-order chi connectivity index (χ0) is 15.3. The van der Waals surface area contributed by atoms with Crippen LogP contribution in [0.1, 0.15) is 60.1 Å². The van der Waals surface area contributed by atoms with E-state index in [1.54, 1.807) is 11.3 Å². The quantitative estimate of drug-likeness (QED) is 0.846. The Morgan fingerprint density at radius 2 is 2.10 bits per heavy atom. The zero-order valence-corrected chi connectivity index (χ0v) is 14.4. The minimum atomic E-state index is 0.108. The molecule has 2 rings (SSSR count). The number of nitrogens with one attached hydrogen (secondary N) is 2. The highest BCUT2D eigenvalue weighted by Gasteiger charge is 2.27. The molecular formula is C17H28N2OS. The second-order valence-electron chi connectivity index (χ2n) is 6.41. The van der Waals surface area contributed by atoms with Crippen LogP contribution in [0.2, 0.25) is 0 Å². The number of hydrogen-bond acceptors (Lipinski definition) is 3. The van der Waals surface area contributed by atoms with Gasteiger partial charge in [0, 0.05) is 11.4 Å². The van der Waals surface area contributed by atoms with Crippen molar-refractivity contribution in [3.63, 3.8) is 0 Å². The molecule has 4 heteroatoms. The van der Waals surface area contributed by atoms with Gasteiger partial charge in [0.15, 0.2) is 0 Å². The van der Waals surface area contributed by atoms with Gasteiger partial charge in [-0.1, -0.05) is 27.2 Å². The summed E-state index contributed by atoms with van der Waals surface area (Å²) < 4.78 is 0. The molecule has 1 aromatic rings. The highest BCUT2D eigenvalue weighted by Crippen LogP contribution is 2.28. The van der Waals surface area contributed by atoms with Crippen LogP contribution in [0.4, 0.5) is 0 Å². The molecule has 2 N–H and O–H groups in total. The average molecular weight is 308 g/mol. The lowest BCUT2D eigenvalue weighted by Crippen LogP contribution is -2.42. The van der Waals surface area contributed by atoms with E-state index in [1.165, 1.54) is 10.4 Å². The molecule has 1 fully saturated rings. The van der Waals surface area contributed by atoms with Crippen molar-refractivity contribution in [1.82, 2.24) is 10.6 Å². The molecule has 0 radical (unpaired) electrons. The predicted octanol–water partition coefficient (Wildman–Crippen LogP) is 3.38. The zero-order valence-electron chi connectivity index (χ0n) is 13.6. The van der Waals surface area contributed by atoms with Gasteiger partial charge in [0.05, 0.1) is 4.88 Å². The van der Waals surface area contributed by atoms with Crippen molar-refractivity contribution in [2.45, 2.75) is 52.9 Å². The lowest BCUT2D eigenvalue weighted by molar-refractivity contribution is 0.0926. The van der Waals surface area contributed by atoms with Gasteiger partial charge in [0.2, 0.25) is 0 Å². The van der Waals surface area contributed by atoms with Crippen molar-refractivity contribution in [3.05, 3.63) is 21.4 Å².